The van der Waals surface area contributed by atoms with Crippen LogP contribution in [0.5, 0.6) is 11.5 Å². The molecule has 0 radical (unpaired) electrons. The molecule has 5 nitrogen and oxygen atoms in total. The van der Waals surface area contributed by atoms with Crippen LogP contribution in [0.25, 0.3) is 0 Å². The third-order valence-corrected chi connectivity index (χ3v) is 3.77. The van der Waals surface area contributed by atoms with Gasteiger partial charge in [-0.1, -0.05) is 37.3 Å². The lowest BCUT2D eigenvalue weighted by Crippen LogP contribution is -2.15. The van der Waals surface area contributed by atoms with Crippen molar-refractivity contribution in [3.63, 3.8) is 0 Å². The summed E-state index contributed by atoms with van der Waals surface area (Å²) in [5, 5.41) is 6.59. The second-order valence-corrected chi connectivity index (χ2v) is 5.76. The van der Waals surface area contributed by atoms with Crippen LogP contribution in [0.4, 0.5) is 17.5 Å². The highest BCUT2D eigenvalue weighted by atomic mass is 16.5. The quantitative estimate of drug-likeness (QED) is 0.620. The Morgan fingerprint density at radius 2 is 1.76 bits per heavy atom. The SMILES string of the molecule is CCC(C)Nc1ccnc(Nc2ccccc2Oc2ccccc2)n1. The second-order valence-electron chi connectivity index (χ2n) is 5.76. The molecule has 0 amide bonds. The maximum Gasteiger partial charge on any atom is 0.229 e. The van der Waals surface area contributed by atoms with Gasteiger partial charge in [0.05, 0.1) is 5.69 Å². The molecular formula is C20H22N4O. The van der Waals surface area contributed by atoms with E-state index in [1.54, 1.807) is 6.20 Å². The summed E-state index contributed by atoms with van der Waals surface area (Å²) in [6.07, 6.45) is 2.77. The van der Waals surface area contributed by atoms with E-state index in [-0.39, 0.29) is 0 Å². The molecule has 0 saturated carbocycles. The molecule has 0 spiro atoms. The summed E-state index contributed by atoms with van der Waals surface area (Å²) in [4.78, 5) is 8.81. The third-order valence-electron chi connectivity index (χ3n) is 3.77. The first-order chi connectivity index (χ1) is 12.2. The van der Waals surface area contributed by atoms with Crippen LogP contribution in [0.3, 0.4) is 0 Å². The molecule has 0 saturated heterocycles. The standard InChI is InChI=1S/C20H22N4O/c1-3-15(2)22-19-13-14-21-20(24-19)23-17-11-7-8-12-18(17)25-16-9-5-4-6-10-16/h4-15H,3H2,1-2H3,(H2,21,22,23,24). The maximum absolute atomic E-state index is 5.96. The van der Waals surface area contributed by atoms with Crippen LogP contribution in [-0.4, -0.2) is 16.0 Å². The summed E-state index contributed by atoms with van der Waals surface area (Å²) >= 11 is 0. The van der Waals surface area contributed by atoms with Crippen molar-refractivity contribution < 1.29 is 4.74 Å². The van der Waals surface area contributed by atoms with Crippen molar-refractivity contribution in [3.05, 3.63) is 66.9 Å². The van der Waals surface area contributed by atoms with Crippen LogP contribution in [0.1, 0.15) is 20.3 Å². The number of hydrogen-bond donors (Lipinski definition) is 2. The number of nitrogens with one attached hydrogen (secondary N) is 2. The molecule has 0 aliphatic carbocycles. The van der Waals surface area contributed by atoms with Gasteiger partial charge in [-0.15, -0.1) is 0 Å². The van der Waals surface area contributed by atoms with Crippen molar-refractivity contribution in [2.24, 2.45) is 0 Å². The minimum Gasteiger partial charge on any atom is -0.455 e. The van der Waals surface area contributed by atoms with Gasteiger partial charge in [0.15, 0.2) is 5.75 Å². The fourth-order valence-electron chi connectivity index (χ4n) is 2.25. The van der Waals surface area contributed by atoms with E-state index >= 15 is 0 Å². The Kier molecular flexibility index (Phi) is 5.46. The fraction of sp³-hybridized carbons (Fsp3) is 0.200. The number of para-hydroxylation sites is 3. The highest BCUT2D eigenvalue weighted by molar-refractivity contribution is 5.63. The highest BCUT2D eigenvalue weighted by Gasteiger charge is 2.07. The molecule has 3 aromatic rings. The van der Waals surface area contributed by atoms with Crippen molar-refractivity contribution in [2.45, 2.75) is 26.3 Å². The predicted octanol–water partition coefficient (Wildman–Crippen LogP) is 5.22. The van der Waals surface area contributed by atoms with Crippen molar-refractivity contribution in [1.29, 1.82) is 0 Å². The van der Waals surface area contributed by atoms with E-state index < -0.39 is 0 Å². The lowest BCUT2D eigenvalue weighted by atomic mass is 10.2. The number of nitrogens with zero attached hydrogens (tertiary/aromatic N) is 2. The van der Waals surface area contributed by atoms with Crippen molar-refractivity contribution in [1.82, 2.24) is 9.97 Å². The molecule has 0 fully saturated rings. The number of hydrogen-bond acceptors (Lipinski definition) is 5. The molecule has 25 heavy (non-hydrogen) atoms. The number of ether oxygens (including phenoxy) is 1. The average molecular weight is 334 g/mol. The van der Waals surface area contributed by atoms with E-state index in [1.165, 1.54) is 0 Å². The van der Waals surface area contributed by atoms with Crippen LogP contribution in [-0.2, 0) is 0 Å². The molecular weight excluding hydrogens is 312 g/mol. The van der Waals surface area contributed by atoms with Gasteiger partial charge in [0, 0.05) is 12.2 Å². The highest BCUT2D eigenvalue weighted by Crippen LogP contribution is 2.30. The smallest absolute Gasteiger partial charge is 0.229 e. The Balaban J connectivity index is 1.78. The molecule has 5 heteroatoms. The zero-order valence-electron chi connectivity index (χ0n) is 14.4. The summed E-state index contributed by atoms with van der Waals surface area (Å²) in [6.45, 7) is 4.26. The number of aromatic nitrogens is 2. The molecule has 1 unspecified atom stereocenters. The van der Waals surface area contributed by atoms with E-state index in [1.807, 2.05) is 60.7 Å². The van der Waals surface area contributed by atoms with Gasteiger partial charge in [-0.2, -0.15) is 4.98 Å². The van der Waals surface area contributed by atoms with Gasteiger partial charge in [0.2, 0.25) is 5.95 Å². The minimum atomic E-state index is 0.358. The van der Waals surface area contributed by atoms with Gasteiger partial charge in [0.25, 0.3) is 0 Å². The molecule has 128 valence electrons. The summed E-state index contributed by atoms with van der Waals surface area (Å²) in [5.41, 5.74) is 0.812. The Morgan fingerprint density at radius 3 is 2.56 bits per heavy atom. The van der Waals surface area contributed by atoms with Crippen molar-refractivity contribution in [3.8, 4) is 11.5 Å². The predicted molar refractivity (Wildman–Crippen MR) is 102 cm³/mol. The van der Waals surface area contributed by atoms with Crippen LogP contribution in [0, 0.1) is 0 Å². The average Bonchev–Trinajstić information content (AvgIpc) is 2.64. The Hall–Kier alpha value is -3.08. The van der Waals surface area contributed by atoms with E-state index in [9.17, 15) is 0 Å². The van der Waals surface area contributed by atoms with Crippen LogP contribution >= 0.6 is 0 Å². The Morgan fingerprint density at radius 1 is 1.00 bits per heavy atom. The first-order valence-corrected chi connectivity index (χ1v) is 8.43. The number of rotatable bonds is 7. The molecule has 2 N–H and O–H groups in total. The molecule has 2 aromatic carbocycles. The van der Waals surface area contributed by atoms with Crippen molar-refractivity contribution >= 4 is 17.5 Å². The number of anilines is 3. The third kappa shape index (κ3) is 4.70. The Bertz CT molecular complexity index is 808. The topological polar surface area (TPSA) is 59.1 Å². The zero-order chi connectivity index (χ0) is 17.5. The minimum absolute atomic E-state index is 0.358. The van der Waals surface area contributed by atoms with Crippen LogP contribution in [0.2, 0.25) is 0 Å². The maximum atomic E-state index is 5.96. The second kappa shape index (κ2) is 8.15. The van der Waals surface area contributed by atoms with Crippen LogP contribution < -0.4 is 15.4 Å². The molecule has 0 bridgehead atoms. The van der Waals surface area contributed by atoms with E-state index in [0.717, 1.165) is 29.4 Å². The van der Waals surface area contributed by atoms with E-state index in [2.05, 4.69) is 34.4 Å². The largest absolute Gasteiger partial charge is 0.455 e. The first kappa shape index (κ1) is 16.8. The molecule has 1 aromatic heterocycles. The van der Waals surface area contributed by atoms with Gasteiger partial charge in [-0.05, 0) is 43.7 Å². The molecule has 3 rings (SSSR count). The fourth-order valence-corrected chi connectivity index (χ4v) is 2.25. The first-order valence-electron chi connectivity index (χ1n) is 8.43. The van der Waals surface area contributed by atoms with Gasteiger partial charge < -0.3 is 15.4 Å². The van der Waals surface area contributed by atoms with Gasteiger partial charge in [-0.25, -0.2) is 4.98 Å². The normalized spacial score (nSPS) is 11.6. The Labute approximate surface area is 148 Å². The van der Waals surface area contributed by atoms with Gasteiger partial charge in [-0.3, -0.25) is 0 Å². The van der Waals surface area contributed by atoms with Gasteiger partial charge in [0.1, 0.15) is 11.6 Å². The van der Waals surface area contributed by atoms with E-state index in [4.69, 9.17) is 4.74 Å². The molecule has 0 aliphatic rings. The summed E-state index contributed by atoms with van der Waals surface area (Å²) < 4.78 is 5.96. The van der Waals surface area contributed by atoms with Crippen molar-refractivity contribution in [2.75, 3.05) is 10.6 Å². The van der Waals surface area contributed by atoms with Crippen LogP contribution in [0.15, 0.2) is 66.9 Å². The summed E-state index contributed by atoms with van der Waals surface area (Å²) in [5.74, 6) is 2.83. The summed E-state index contributed by atoms with van der Waals surface area (Å²) in [6, 6.07) is 19.6. The molecule has 0 aliphatic heterocycles. The van der Waals surface area contributed by atoms with E-state index in [0.29, 0.717) is 12.0 Å². The number of benzene rings is 2. The summed E-state index contributed by atoms with van der Waals surface area (Å²) in [7, 11) is 0. The van der Waals surface area contributed by atoms with Gasteiger partial charge >= 0.3 is 0 Å². The lowest BCUT2D eigenvalue weighted by molar-refractivity contribution is 0.485. The molecule has 1 atom stereocenters. The zero-order valence-corrected chi connectivity index (χ0v) is 14.4. The lowest BCUT2D eigenvalue weighted by Gasteiger charge is -2.14. The monoisotopic (exact) mass is 334 g/mol. The molecule has 1 heterocycles.